The van der Waals surface area contributed by atoms with Gasteiger partial charge in [0, 0.05) is 11.3 Å². The molecule has 0 bridgehead atoms. The number of fused-ring (bicyclic) bond motifs is 1. The second-order valence-electron chi connectivity index (χ2n) is 6.49. The number of anilines is 1. The maximum absolute atomic E-state index is 13.9. The van der Waals surface area contributed by atoms with E-state index in [1.54, 1.807) is 43.3 Å². The molecule has 0 saturated heterocycles. The van der Waals surface area contributed by atoms with Gasteiger partial charge in [-0.15, -0.1) is 11.8 Å². The minimum atomic E-state index is -0.361. The zero-order chi connectivity index (χ0) is 21.3. The lowest BCUT2D eigenvalue weighted by Crippen LogP contribution is -2.12. The van der Waals surface area contributed by atoms with Crippen LogP contribution in [0.25, 0.3) is 5.69 Å². The summed E-state index contributed by atoms with van der Waals surface area (Å²) in [5.74, 6) is 1.62. The van der Waals surface area contributed by atoms with Gasteiger partial charge in [-0.2, -0.15) is 0 Å². The third kappa shape index (κ3) is 3.45. The number of methoxy groups -OCH3 is 3. The van der Waals surface area contributed by atoms with E-state index < -0.39 is 0 Å². The number of carbonyl (C=O) groups excluding carboxylic acids is 1. The summed E-state index contributed by atoms with van der Waals surface area (Å²) < 4.78 is 32.3. The number of aromatic nitrogens is 2. The molecule has 1 aliphatic heterocycles. The first-order chi connectivity index (χ1) is 14.6. The molecule has 1 N–H and O–H groups in total. The van der Waals surface area contributed by atoms with E-state index in [0.29, 0.717) is 34.4 Å². The molecule has 1 amide bonds. The molecule has 3 aromatic rings. The second-order valence-corrected chi connectivity index (χ2v) is 7.58. The third-order valence-corrected chi connectivity index (χ3v) is 6.03. The molecule has 9 heteroatoms. The van der Waals surface area contributed by atoms with Gasteiger partial charge in [-0.1, -0.05) is 6.07 Å². The van der Waals surface area contributed by atoms with Gasteiger partial charge in [0.25, 0.3) is 0 Å². The quantitative estimate of drug-likeness (QED) is 0.665. The Labute approximate surface area is 177 Å². The van der Waals surface area contributed by atoms with Crippen LogP contribution in [0.5, 0.6) is 17.2 Å². The smallest absolute Gasteiger partial charge is 0.235 e. The highest BCUT2D eigenvalue weighted by Gasteiger charge is 2.32. The molecule has 1 aliphatic rings. The molecule has 0 fully saturated rings. The van der Waals surface area contributed by atoms with Crippen LogP contribution >= 0.6 is 11.8 Å². The number of hydrogen-bond acceptors (Lipinski definition) is 6. The highest BCUT2D eigenvalue weighted by atomic mass is 32.2. The average Bonchev–Trinajstić information content (AvgIpc) is 3.08. The Bertz CT molecular complexity index is 1100. The molecule has 2 heterocycles. The summed E-state index contributed by atoms with van der Waals surface area (Å²) in [5, 5.41) is 2.50. The number of nitrogens with zero attached hydrogens (tertiary/aromatic N) is 2. The summed E-state index contributed by atoms with van der Waals surface area (Å²) in [5.41, 5.74) is 2.10. The van der Waals surface area contributed by atoms with Crippen LogP contribution in [0.15, 0.2) is 42.7 Å². The molecule has 0 saturated carbocycles. The van der Waals surface area contributed by atoms with E-state index in [9.17, 15) is 9.18 Å². The maximum atomic E-state index is 13.9. The van der Waals surface area contributed by atoms with Crippen molar-refractivity contribution in [1.29, 1.82) is 0 Å². The van der Waals surface area contributed by atoms with Gasteiger partial charge in [0.1, 0.15) is 12.1 Å². The summed E-state index contributed by atoms with van der Waals surface area (Å²) in [4.78, 5) is 16.7. The van der Waals surface area contributed by atoms with Crippen LogP contribution in [-0.4, -0.2) is 42.5 Å². The monoisotopic (exact) mass is 429 g/mol. The Balaban J connectivity index is 1.93. The largest absolute Gasteiger partial charge is 0.493 e. The number of amides is 1. The lowest BCUT2D eigenvalue weighted by Gasteiger charge is -2.22. The van der Waals surface area contributed by atoms with Crippen LogP contribution in [0, 0.1) is 5.82 Å². The van der Waals surface area contributed by atoms with Crippen molar-refractivity contribution in [2.75, 3.05) is 32.4 Å². The van der Waals surface area contributed by atoms with Crippen LogP contribution in [0.2, 0.25) is 0 Å². The third-order valence-electron chi connectivity index (χ3n) is 4.80. The number of nitrogens with one attached hydrogen (secondary N) is 1. The number of carbonyl (C=O) groups is 1. The van der Waals surface area contributed by atoms with Gasteiger partial charge >= 0.3 is 0 Å². The van der Waals surface area contributed by atoms with Crippen molar-refractivity contribution in [3.8, 4) is 22.9 Å². The lowest BCUT2D eigenvalue weighted by molar-refractivity contribution is -0.113. The normalized spacial score (nSPS) is 15.7. The molecule has 2 aromatic carbocycles. The number of ether oxygens (including phenoxy) is 3. The van der Waals surface area contributed by atoms with Crippen molar-refractivity contribution < 1.29 is 23.4 Å². The van der Waals surface area contributed by atoms with Crippen molar-refractivity contribution in [2.45, 2.75) is 5.25 Å². The van der Waals surface area contributed by atoms with Crippen molar-refractivity contribution in [2.24, 2.45) is 0 Å². The van der Waals surface area contributed by atoms with Gasteiger partial charge in [0.15, 0.2) is 17.3 Å². The van der Waals surface area contributed by atoms with Crippen LogP contribution in [0.4, 0.5) is 10.2 Å². The first kappa shape index (κ1) is 20.1. The number of benzene rings is 2. The summed E-state index contributed by atoms with van der Waals surface area (Å²) in [6, 6.07) is 9.88. The van der Waals surface area contributed by atoms with Crippen LogP contribution in [0.3, 0.4) is 0 Å². The van der Waals surface area contributed by atoms with Gasteiger partial charge in [-0.05, 0) is 30.3 Å². The zero-order valence-electron chi connectivity index (χ0n) is 16.6. The number of halogens is 1. The molecule has 30 heavy (non-hydrogen) atoms. The van der Waals surface area contributed by atoms with E-state index in [1.165, 1.54) is 31.0 Å². The first-order valence-corrected chi connectivity index (χ1v) is 10.2. The Kier molecular flexibility index (Phi) is 5.54. The summed E-state index contributed by atoms with van der Waals surface area (Å²) in [6.45, 7) is 0. The van der Waals surface area contributed by atoms with Gasteiger partial charge < -0.3 is 19.5 Å². The molecule has 1 aromatic heterocycles. The molecular weight excluding hydrogens is 409 g/mol. The SMILES string of the molecule is COc1ccc(C2SCC(=O)Nc3ncn(-c4cccc(F)c4)c32)c(OC)c1OC. The van der Waals surface area contributed by atoms with E-state index in [4.69, 9.17) is 14.2 Å². The van der Waals surface area contributed by atoms with E-state index in [2.05, 4.69) is 10.3 Å². The molecule has 7 nitrogen and oxygen atoms in total. The number of imidazole rings is 1. The molecule has 0 aliphatic carbocycles. The van der Waals surface area contributed by atoms with E-state index in [0.717, 1.165) is 5.56 Å². The molecule has 156 valence electrons. The summed E-state index contributed by atoms with van der Waals surface area (Å²) >= 11 is 1.42. The van der Waals surface area contributed by atoms with E-state index in [1.807, 2.05) is 6.07 Å². The van der Waals surface area contributed by atoms with Gasteiger partial charge in [0.2, 0.25) is 11.7 Å². The van der Waals surface area contributed by atoms with Crippen molar-refractivity contribution in [3.05, 3.63) is 59.8 Å². The standard InChI is InChI=1S/C21H20FN3O4S/c1-27-15-8-7-14(18(28-2)19(15)29-3)20-17-21(24-16(26)10-30-20)23-11-25(17)13-6-4-5-12(22)9-13/h4-9,11,20H,10H2,1-3H3,(H,24,26). The minimum Gasteiger partial charge on any atom is -0.493 e. The summed E-state index contributed by atoms with van der Waals surface area (Å²) in [6.07, 6.45) is 1.58. The number of rotatable bonds is 5. The fraction of sp³-hybridized carbons (Fsp3) is 0.238. The topological polar surface area (TPSA) is 74.6 Å². The van der Waals surface area contributed by atoms with Gasteiger partial charge in [-0.3, -0.25) is 9.36 Å². The summed E-state index contributed by atoms with van der Waals surface area (Å²) in [7, 11) is 4.64. The molecule has 0 spiro atoms. The average molecular weight is 429 g/mol. The predicted molar refractivity (Wildman–Crippen MR) is 113 cm³/mol. The minimum absolute atomic E-state index is 0.160. The fourth-order valence-corrected chi connectivity index (χ4v) is 4.65. The van der Waals surface area contributed by atoms with Crippen LogP contribution in [0.1, 0.15) is 16.5 Å². The van der Waals surface area contributed by atoms with Crippen LogP contribution in [-0.2, 0) is 4.79 Å². The predicted octanol–water partition coefficient (Wildman–Crippen LogP) is 3.81. The molecule has 1 atom stereocenters. The van der Waals surface area contributed by atoms with E-state index >= 15 is 0 Å². The van der Waals surface area contributed by atoms with Crippen molar-refractivity contribution in [1.82, 2.24) is 9.55 Å². The van der Waals surface area contributed by atoms with E-state index in [-0.39, 0.29) is 22.7 Å². The lowest BCUT2D eigenvalue weighted by atomic mass is 10.1. The first-order valence-electron chi connectivity index (χ1n) is 9.10. The highest BCUT2D eigenvalue weighted by molar-refractivity contribution is 8.00. The molecule has 1 unspecified atom stereocenters. The number of hydrogen-bond donors (Lipinski definition) is 1. The van der Waals surface area contributed by atoms with Gasteiger partial charge in [0.05, 0.1) is 38.0 Å². The second kappa shape index (κ2) is 8.27. The highest BCUT2D eigenvalue weighted by Crippen LogP contribution is 2.50. The molecular formula is C21H20FN3O4S. The Morgan fingerprint density at radius 2 is 1.93 bits per heavy atom. The van der Waals surface area contributed by atoms with Crippen LogP contribution < -0.4 is 19.5 Å². The van der Waals surface area contributed by atoms with Crippen molar-refractivity contribution >= 4 is 23.5 Å². The Hall–Kier alpha value is -3.20. The Morgan fingerprint density at radius 1 is 1.13 bits per heavy atom. The van der Waals surface area contributed by atoms with Crippen molar-refractivity contribution in [3.63, 3.8) is 0 Å². The molecule has 0 radical (unpaired) electrons. The maximum Gasteiger partial charge on any atom is 0.235 e. The van der Waals surface area contributed by atoms with Gasteiger partial charge in [-0.25, -0.2) is 9.37 Å². The zero-order valence-corrected chi connectivity index (χ0v) is 17.5. The molecule has 4 rings (SSSR count). The number of thioether (sulfide) groups is 1. The fourth-order valence-electron chi connectivity index (χ4n) is 3.51. The Morgan fingerprint density at radius 3 is 2.63 bits per heavy atom.